The molecule has 0 radical (unpaired) electrons. The van der Waals surface area contributed by atoms with E-state index >= 15 is 0 Å². The number of fused-ring (bicyclic) bond motifs is 1. The maximum absolute atomic E-state index is 12.8. The molecule has 0 atom stereocenters. The van der Waals surface area contributed by atoms with Gasteiger partial charge in [-0.15, -0.1) is 0 Å². The van der Waals surface area contributed by atoms with Crippen molar-refractivity contribution in [2.45, 2.75) is 53.0 Å². The van der Waals surface area contributed by atoms with Gasteiger partial charge in [-0.1, -0.05) is 34.6 Å². The lowest BCUT2D eigenvalue weighted by Crippen LogP contribution is -2.40. The van der Waals surface area contributed by atoms with Gasteiger partial charge < -0.3 is 10.2 Å². The first-order valence-electron chi connectivity index (χ1n) is 8.68. The maximum atomic E-state index is 12.8. The summed E-state index contributed by atoms with van der Waals surface area (Å²) < 4.78 is 0. The number of carbonyl (C=O) groups is 1. The van der Waals surface area contributed by atoms with Crippen molar-refractivity contribution in [1.82, 2.24) is 20.1 Å². The molecule has 0 aromatic carbocycles. The highest BCUT2D eigenvalue weighted by molar-refractivity contribution is 5.89. The van der Waals surface area contributed by atoms with Crippen LogP contribution in [-0.4, -0.2) is 32.7 Å². The number of rotatable bonds is 1. The van der Waals surface area contributed by atoms with Gasteiger partial charge in [-0.2, -0.15) is 5.10 Å². The van der Waals surface area contributed by atoms with Gasteiger partial charge in [0.05, 0.1) is 24.6 Å². The average molecular weight is 341 g/mol. The first-order chi connectivity index (χ1) is 11.6. The largest absolute Gasteiger partial charge is 0.322 e. The van der Waals surface area contributed by atoms with Gasteiger partial charge in [0, 0.05) is 28.9 Å². The molecule has 6 nitrogen and oxygen atoms in total. The predicted molar refractivity (Wildman–Crippen MR) is 98.4 cm³/mol. The lowest BCUT2D eigenvalue weighted by molar-refractivity contribution is 0.180. The summed E-state index contributed by atoms with van der Waals surface area (Å²) in [5, 5.41) is 10.2. The number of anilines is 1. The van der Waals surface area contributed by atoms with Crippen molar-refractivity contribution >= 4 is 11.7 Å². The van der Waals surface area contributed by atoms with Crippen LogP contribution in [0.15, 0.2) is 24.5 Å². The second-order valence-corrected chi connectivity index (χ2v) is 8.68. The van der Waals surface area contributed by atoms with Crippen molar-refractivity contribution in [2.75, 3.05) is 11.9 Å². The number of aromatic amines is 1. The Morgan fingerprint density at radius 1 is 1.28 bits per heavy atom. The summed E-state index contributed by atoms with van der Waals surface area (Å²) in [6.07, 6.45) is 4.43. The van der Waals surface area contributed by atoms with Crippen molar-refractivity contribution in [3.8, 4) is 0 Å². The number of carbonyl (C=O) groups excluding carboxylic acids is 1. The van der Waals surface area contributed by atoms with Crippen molar-refractivity contribution in [2.24, 2.45) is 5.41 Å². The molecule has 2 aromatic rings. The molecule has 6 heteroatoms. The van der Waals surface area contributed by atoms with E-state index in [2.05, 4.69) is 55.1 Å². The highest BCUT2D eigenvalue weighted by Gasteiger charge is 2.31. The Balaban J connectivity index is 1.74. The minimum atomic E-state index is -0.104. The molecule has 3 heterocycles. The maximum Gasteiger partial charge on any atom is 0.322 e. The number of nitrogens with zero attached hydrogens (tertiary/aromatic N) is 3. The van der Waals surface area contributed by atoms with Crippen molar-refractivity contribution in [3.63, 3.8) is 0 Å². The molecule has 2 N–H and O–H groups in total. The third kappa shape index (κ3) is 4.00. The Labute approximate surface area is 149 Å². The molecule has 0 unspecified atom stereocenters. The molecule has 0 fully saturated rings. The van der Waals surface area contributed by atoms with Crippen LogP contribution in [0.5, 0.6) is 0 Å². The Hall–Kier alpha value is -2.37. The molecule has 134 valence electrons. The molecule has 2 aromatic heterocycles. The highest BCUT2D eigenvalue weighted by Crippen LogP contribution is 2.29. The number of aromatic nitrogens is 3. The Kier molecular flexibility index (Phi) is 4.31. The van der Waals surface area contributed by atoms with E-state index in [-0.39, 0.29) is 16.9 Å². The first kappa shape index (κ1) is 17.5. The van der Waals surface area contributed by atoms with Crippen molar-refractivity contribution in [3.05, 3.63) is 41.5 Å². The van der Waals surface area contributed by atoms with Crippen molar-refractivity contribution in [1.29, 1.82) is 0 Å². The van der Waals surface area contributed by atoms with Crippen LogP contribution >= 0.6 is 0 Å². The smallest absolute Gasteiger partial charge is 0.320 e. The van der Waals surface area contributed by atoms with Gasteiger partial charge in [0.2, 0.25) is 0 Å². The molecule has 0 saturated heterocycles. The van der Waals surface area contributed by atoms with Gasteiger partial charge in [-0.3, -0.25) is 10.1 Å². The molecule has 3 rings (SSSR count). The summed E-state index contributed by atoms with van der Waals surface area (Å²) in [6, 6.07) is 3.78. The molecule has 0 bridgehead atoms. The number of hydrogen-bond acceptors (Lipinski definition) is 3. The normalized spacial score (nSPS) is 16.9. The van der Waals surface area contributed by atoms with Crippen LogP contribution < -0.4 is 5.32 Å². The van der Waals surface area contributed by atoms with Gasteiger partial charge in [0.1, 0.15) is 0 Å². The van der Waals surface area contributed by atoms with E-state index in [1.807, 2.05) is 23.2 Å². The van der Waals surface area contributed by atoms with E-state index in [0.29, 0.717) is 18.8 Å². The summed E-state index contributed by atoms with van der Waals surface area (Å²) in [4.78, 5) is 19.1. The number of pyridine rings is 1. The van der Waals surface area contributed by atoms with E-state index in [1.54, 1.807) is 6.20 Å². The number of amides is 2. The summed E-state index contributed by atoms with van der Waals surface area (Å²) in [5.74, 6) is 0. The van der Waals surface area contributed by atoms with E-state index < -0.39 is 0 Å². The summed E-state index contributed by atoms with van der Waals surface area (Å²) in [7, 11) is 0. The fourth-order valence-electron chi connectivity index (χ4n) is 3.20. The van der Waals surface area contributed by atoms with E-state index in [0.717, 1.165) is 23.4 Å². The monoisotopic (exact) mass is 341 g/mol. The summed E-state index contributed by atoms with van der Waals surface area (Å²) in [6.45, 7) is 12.0. The van der Waals surface area contributed by atoms with Crippen LogP contribution in [0.2, 0.25) is 0 Å². The van der Waals surface area contributed by atoms with Crippen molar-refractivity contribution < 1.29 is 4.79 Å². The Morgan fingerprint density at radius 3 is 2.68 bits per heavy atom. The first-order valence-corrected chi connectivity index (χ1v) is 8.68. The lowest BCUT2D eigenvalue weighted by atomic mass is 9.88. The van der Waals surface area contributed by atoms with Gasteiger partial charge in [-0.05, 0) is 24.0 Å². The number of urea groups is 1. The Morgan fingerprint density at radius 2 is 2.04 bits per heavy atom. The number of nitrogens with one attached hydrogen (secondary N) is 2. The number of hydrogen-bond donors (Lipinski definition) is 2. The molecule has 0 aliphatic carbocycles. The van der Waals surface area contributed by atoms with Gasteiger partial charge >= 0.3 is 6.03 Å². The van der Waals surface area contributed by atoms with Crippen LogP contribution in [0, 0.1) is 5.41 Å². The summed E-state index contributed by atoms with van der Waals surface area (Å²) >= 11 is 0. The molecule has 1 aliphatic heterocycles. The molecule has 0 spiro atoms. The van der Waals surface area contributed by atoms with E-state index in [1.165, 1.54) is 0 Å². The summed E-state index contributed by atoms with van der Waals surface area (Å²) in [5.41, 5.74) is 3.91. The van der Waals surface area contributed by atoms with Gasteiger partial charge in [0.25, 0.3) is 0 Å². The molecule has 0 saturated carbocycles. The van der Waals surface area contributed by atoms with Crippen LogP contribution in [0.1, 0.15) is 51.6 Å². The average Bonchev–Trinajstić information content (AvgIpc) is 2.87. The fraction of sp³-hybridized carbons (Fsp3) is 0.526. The third-order valence-electron chi connectivity index (χ3n) is 4.51. The minimum absolute atomic E-state index is 0.00493. The molecule has 1 aliphatic rings. The lowest BCUT2D eigenvalue weighted by Gasteiger charge is -2.29. The second-order valence-electron chi connectivity index (χ2n) is 8.68. The predicted octanol–water partition coefficient (Wildman–Crippen LogP) is 3.72. The quantitative estimate of drug-likeness (QED) is 0.830. The van der Waals surface area contributed by atoms with Gasteiger partial charge in [-0.25, -0.2) is 4.79 Å². The zero-order chi connectivity index (χ0) is 18.2. The molecule has 2 amide bonds. The number of H-pyrrole nitrogens is 1. The van der Waals surface area contributed by atoms with Gasteiger partial charge in [0.15, 0.2) is 0 Å². The van der Waals surface area contributed by atoms with Crippen LogP contribution in [0.25, 0.3) is 0 Å². The SMILES string of the molecule is CC1(C)Cc2[nH]ncc2CN(C(=O)Nc2ccc(C(C)(C)C)nc2)C1. The standard InChI is InChI=1S/C19H27N5O/c1-18(2,3)16-7-6-14(10-20-16)22-17(25)24-11-13-9-21-23-15(13)8-19(4,5)12-24/h6-7,9-10H,8,11-12H2,1-5H3,(H,21,23)(H,22,25). The zero-order valence-electron chi connectivity index (χ0n) is 15.7. The van der Waals surface area contributed by atoms with E-state index in [4.69, 9.17) is 0 Å². The van der Waals surface area contributed by atoms with Crippen LogP contribution in [-0.2, 0) is 18.4 Å². The molecular formula is C19H27N5O. The van der Waals surface area contributed by atoms with Crippen LogP contribution in [0.3, 0.4) is 0 Å². The topological polar surface area (TPSA) is 73.9 Å². The third-order valence-corrected chi connectivity index (χ3v) is 4.51. The second kappa shape index (κ2) is 6.17. The Bertz CT molecular complexity index is 755. The van der Waals surface area contributed by atoms with E-state index in [9.17, 15) is 4.79 Å². The van der Waals surface area contributed by atoms with Crippen LogP contribution in [0.4, 0.5) is 10.5 Å². The molecule has 25 heavy (non-hydrogen) atoms. The molecular weight excluding hydrogens is 314 g/mol. The highest BCUT2D eigenvalue weighted by atomic mass is 16.2. The fourth-order valence-corrected chi connectivity index (χ4v) is 3.20. The minimum Gasteiger partial charge on any atom is -0.320 e. The zero-order valence-corrected chi connectivity index (χ0v) is 15.7.